The molecule has 90 valence electrons. The number of rotatable bonds is 4. The molecule has 0 saturated carbocycles. The van der Waals surface area contributed by atoms with Crippen LogP contribution in [-0.2, 0) is 0 Å². The van der Waals surface area contributed by atoms with E-state index in [4.69, 9.17) is 0 Å². The van der Waals surface area contributed by atoms with Gasteiger partial charge in [-0.25, -0.2) is 0 Å². The van der Waals surface area contributed by atoms with E-state index in [1.165, 1.54) is 0 Å². The van der Waals surface area contributed by atoms with E-state index in [2.05, 4.69) is 48.4 Å². The first-order chi connectivity index (χ1) is 8.22. The highest BCUT2D eigenvalue weighted by Gasteiger charge is 2.12. The molecule has 0 aliphatic carbocycles. The summed E-state index contributed by atoms with van der Waals surface area (Å²) in [5.74, 6) is 1.48. The normalized spacial score (nSPS) is 12.9. The molecule has 0 amide bonds. The van der Waals surface area contributed by atoms with Crippen molar-refractivity contribution in [2.45, 2.75) is 33.2 Å². The zero-order valence-electron chi connectivity index (χ0n) is 10.6. The average Bonchev–Trinajstić information content (AvgIpc) is 2.35. The Balaban J connectivity index is 2.35. The summed E-state index contributed by atoms with van der Waals surface area (Å²) in [6.45, 7) is 6.63. The van der Waals surface area contributed by atoms with Crippen molar-refractivity contribution in [3.05, 3.63) is 30.5 Å². The molecule has 1 unspecified atom stereocenters. The van der Waals surface area contributed by atoms with Crippen LogP contribution in [0.1, 0.15) is 27.2 Å². The molecule has 0 radical (unpaired) electrons. The maximum Gasteiger partial charge on any atom is 0.156 e. The Labute approximate surface area is 102 Å². The summed E-state index contributed by atoms with van der Waals surface area (Å²) in [6.07, 6.45) is 2.89. The van der Waals surface area contributed by atoms with Crippen LogP contribution in [0.3, 0.4) is 0 Å². The van der Waals surface area contributed by atoms with Gasteiger partial charge in [0.05, 0.1) is 6.20 Å². The van der Waals surface area contributed by atoms with Gasteiger partial charge in [0.2, 0.25) is 0 Å². The fourth-order valence-electron chi connectivity index (χ4n) is 2.05. The predicted octanol–water partition coefficient (Wildman–Crippen LogP) is 3.48. The van der Waals surface area contributed by atoms with Gasteiger partial charge in [-0.3, -0.25) is 0 Å². The zero-order valence-corrected chi connectivity index (χ0v) is 10.6. The standard InChI is InChI=1S/C14H19N3/c1-4-13(10(2)3)16-14-12-8-6-5-7-11(12)9-15-17-14/h5-10,13H,4H2,1-3H3,(H,16,17). The molecule has 2 aromatic rings. The van der Waals surface area contributed by atoms with E-state index in [9.17, 15) is 0 Å². The molecule has 2 rings (SSSR count). The Morgan fingerprint density at radius 3 is 2.71 bits per heavy atom. The van der Waals surface area contributed by atoms with Crippen molar-refractivity contribution in [1.82, 2.24) is 10.2 Å². The Morgan fingerprint density at radius 2 is 2.00 bits per heavy atom. The van der Waals surface area contributed by atoms with E-state index >= 15 is 0 Å². The van der Waals surface area contributed by atoms with Gasteiger partial charge in [0.15, 0.2) is 5.82 Å². The number of anilines is 1. The molecule has 3 heteroatoms. The first-order valence-electron chi connectivity index (χ1n) is 6.19. The van der Waals surface area contributed by atoms with Crippen LogP contribution in [0.25, 0.3) is 10.8 Å². The maximum absolute atomic E-state index is 4.22. The van der Waals surface area contributed by atoms with E-state index in [1.54, 1.807) is 6.20 Å². The maximum atomic E-state index is 4.22. The number of hydrogen-bond donors (Lipinski definition) is 1. The van der Waals surface area contributed by atoms with Gasteiger partial charge in [-0.15, -0.1) is 5.10 Å². The lowest BCUT2D eigenvalue weighted by Crippen LogP contribution is -2.25. The number of aromatic nitrogens is 2. The molecule has 3 nitrogen and oxygen atoms in total. The van der Waals surface area contributed by atoms with Crippen LogP contribution >= 0.6 is 0 Å². The van der Waals surface area contributed by atoms with Crippen LogP contribution in [0.4, 0.5) is 5.82 Å². The summed E-state index contributed by atoms with van der Waals surface area (Å²) in [5.41, 5.74) is 0. The molecule has 0 bridgehead atoms. The second-order valence-electron chi connectivity index (χ2n) is 4.68. The van der Waals surface area contributed by atoms with Gasteiger partial charge >= 0.3 is 0 Å². The van der Waals surface area contributed by atoms with Crippen LogP contribution in [0.5, 0.6) is 0 Å². The Hall–Kier alpha value is -1.64. The van der Waals surface area contributed by atoms with Crippen LogP contribution in [0.15, 0.2) is 30.5 Å². The molecular formula is C14H19N3. The second kappa shape index (κ2) is 5.13. The minimum atomic E-state index is 0.440. The summed E-state index contributed by atoms with van der Waals surface area (Å²) in [4.78, 5) is 0. The monoisotopic (exact) mass is 229 g/mol. The third-order valence-corrected chi connectivity index (χ3v) is 3.14. The minimum Gasteiger partial charge on any atom is -0.365 e. The van der Waals surface area contributed by atoms with Crippen molar-refractivity contribution in [1.29, 1.82) is 0 Å². The fourth-order valence-corrected chi connectivity index (χ4v) is 2.05. The van der Waals surface area contributed by atoms with Gasteiger partial charge in [-0.05, 0) is 12.3 Å². The minimum absolute atomic E-state index is 0.440. The Bertz CT molecular complexity index is 488. The zero-order chi connectivity index (χ0) is 12.3. The van der Waals surface area contributed by atoms with Gasteiger partial charge in [0, 0.05) is 16.8 Å². The first kappa shape index (κ1) is 11.8. The topological polar surface area (TPSA) is 37.8 Å². The molecule has 1 atom stereocenters. The number of benzene rings is 1. The lowest BCUT2D eigenvalue weighted by Gasteiger charge is -2.21. The highest BCUT2D eigenvalue weighted by atomic mass is 15.2. The first-order valence-corrected chi connectivity index (χ1v) is 6.19. The number of hydrogen-bond acceptors (Lipinski definition) is 3. The van der Waals surface area contributed by atoms with E-state index < -0.39 is 0 Å². The number of nitrogens with zero attached hydrogens (tertiary/aromatic N) is 2. The molecule has 1 aromatic carbocycles. The number of fused-ring (bicyclic) bond motifs is 1. The van der Waals surface area contributed by atoms with Crippen molar-refractivity contribution >= 4 is 16.6 Å². The molecule has 1 heterocycles. The summed E-state index contributed by atoms with van der Waals surface area (Å²) in [7, 11) is 0. The molecule has 0 saturated heterocycles. The third-order valence-electron chi connectivity index (χ3n) is 3.14. The van der Waals surface area contributed by atoms with Crippen molar-refractivity contribution in [2.24, 2.45) is 5.92 Å². The van der Waals surface area contributed by atoms with E-state index in [0.717, 1.165) is 23.0 Å². The second-order valence-corrected chi connectivity index (χ2v) is 4.68. The van der Waals surface area contributed by atoms with Gasteiger partial charge < -0.3 is 5.32 Å². The molecule has 0 aliphatic rings. The van der Waals surface area contributed by atoms with Crippen molar-refractivity contribution in [3.63, 3.8) is 0 Å². The van der Waals surface area contributed by atoms with Crippen molar-refractivity contribution in [2.75, 3.05) is 5.32 Å². The van der Waals surface area contributed by atoms with Crippen LogP contribution < -0.4 is 5.32 Å². The SMILES string of the molecule is CCC(Nc1nncc2ccccc12)C(C)C. The lowest BCUT2D eigenvalue weighted by molar-refractivity contribution is 0.509. The summed E-state index contributed by atoms with van der Waals surface area (Å²) < 4.78 is 0. The van der Waals surface area contributed by atoms with Crippen molar-refractivity contribution < 1.29 is 0 Å². The molecule has 0 aliphatic heterocycles. The van der Waals surface area contributed by atoms with Gasteiger partial charge in [-0.1, -0.05) is 45.0 Å². The Morgan fingerprint density at radius 1 is 1.24 bits per heavy atom. The van der Waals surface area contributed by atoms with Crippen LogP contribution in [0.2, 0.25) is 0 Å². The third kappa shape index (κ3) is 2.54. The molecule has 1 N–H and O–H groups in total. The highest BCUT2D eigenvalue weighted by Crippen LogP contribution is 2.21. The largest absolute Gasteiger partial charge is 0.365 e. The van der Waals surface area contributed by atoms with E-state index in [1.807, 2.05) is 12.1 Å². The summed E-state index contributed by atoms with van der Waals surface area (Å²) in [6, 6.07) is 8.64. The molecule has 17 heavy (non-hydrogen) atoms. The van der Waals surface area contributed by atoms with E-state index in [-0.39, 0.29) is 0 Å². The summed E-state index contributed by atoms with van der Waals surface area (Å²) >= 11 is 0. The fraction of sp³-hybridized carbons (Fsp3) is 0.429. The van der Waals surface area contributed by atoms with Crippen LogP contribution in [-0.4, -0.2) is 16.2 Å². The molecule has 0 spiro atoms. The average molecular weight is 229 g/mol. The lowest BCUT2D eigenvalue weighted by atomic mass is 10.0. The van der Waals surface area contributed by atoms with Crippen LogP contribution in [0, 0.1) is 5.92 Å². The molecular weight excluding hydrogens is 210 g/mol. The highest BCUT2D eigenvalue weighted by molar-refractivity contribution is 5.90. The predicted molar refractivity (Wildman–Crippen MR) is 72.1 cm³/mol. The van der Waals surface area contributed by atoms with Crippen molar-refractivity contribution in [3.8, 4) is 0 Å². The molecule has 0 fully saturated rings. The quantitative estimate of drug-likeness (QED) is 0.872. The van der Waals surface area contributed by atoms with Gasteiger partial charge in [0.25, 0.3) is 0 Å². The van der Waals surface area contributed by atoms with E-state index in [0.29, 0.717) is 12.0 Å². The number of nitrogens with one attached hydrogen (secondary N) is 1. The van der Waals surface area contributed by atoms with Gasteiger partial charge in [0.1, 0.15) is 0 Å². The Kier molecular flexibility index (Phi) is 3.57. The van der Waals surface area contributed by atoms with Gasteiger partial charge in [-0.2, -0.15) is 5.10 Å². The summed E-state index contributed by atoms with van der Waals surface area (Å²) in [5, 5.41) is 14.0. The smallest absolute Gasteiger partial charge is 0.156 e. The molecule has 1 aromatic heterocycles.